The first kappa shape index (κ1) is 8.43. The smallest absolute Gasteiger partial charge is 0.324 e. The van der Waals surface area contributed by atoms with Crippen LogP contribution in [0.4, 0.5) is 0 Å². The molecule has 2 rings (SSSR count). The quantitative estimate of drug-likeness (QED) is 0.462. The molecular formula is C9H5NO4. The number of ketones is 1. The van der Waals surface area contributed by atoms with E-state index in [-0.39, 0.29) is 11.0 Å². The number of fused-ring (bicyclic) bond motifs is 1. The monoisotopic (exact) mass is 191 g/mol. The van der Waals surface area contributed by atoms with Crippen molar-refractivity contribution in [2.75, 3.05) is 0 Å². The first-order chi connectivity index (χ1) is 6.59. The molecule has 1 aliphatic rings. The van der Waals surface area contributed by atoms with Gasteiger partial charge in [-0.25, -0.2) is 0 Å². The second-order valence-electron chi connectivity index (χ2n) is 2.89. The average molecular weight is 191 g/mol. The van der Waals surface area contributed by atoms with Crippen molar-refractivity contribution in [2.45, 2.75) is 0 Å². The van der Waals surface area contributed by atoms with E-state index in [1.54, 1.807) is 0 Å². The Morgan fingerprint density at radius 3 is 2.71 bits per heavy atom. The Morgan fingerprint density at radius 2 is 2.07 bits per heavy atom. The zero-order valence-electron chi connectivity index (χ0n) is 6.93. The molecule has 0 fully saturated rings. The molecule has 0 saturated heterocycles. The van der Waals surface area contributed by atoms with Gasteiger partial charge in [0.1, 0.15) is 5.75 Å². The zero-order chi connectivity index (χ0) is 10.3. The zero-order valence-corrected chi connectivity index (χ0v) is 6.93. The highest BCUT2D eigenvalue weighted by molar-refractivity contribution is 6.30. The molecule has 0 saturated carbocycles. The number of hydrogen-bond acceptors (Lipinski definition) is 4. The molecule has 0 unspecified atom stereocenters. The third kappa shape index (κ3) is 1.06. The van der Waals surface area contributed by atoms with Crippen LogP contribution in [0.5, 0.6) is 5.75 Å². The summed E-state index contributed by atoms with van der Waals surface area (Å²) in [4.78, 5) is 21.0. The van der Waals surface area contributed by atoms with Crippen molar-refractivity contribution in [3.63, 3.8) is 0 Å². The largest absolute Gasteiger partial charge is 0.508 e. The Kier molecular flexibility index (Phi) is 1.60. The summed E-state index contributed by atoms with van der Waals surface area (Å²) >= 11 is 0. The van der Waals surface area contributed by atoms with E-state index in [4.69, 9.17) is 5.11 Å². The number of nitro groups is 1. The Hall–Kier alpha value is -2.17. The first-order valence-electron chi connectivity index (χ1n) is 3.83. The van der Waals surface area contributed by atoms with E-state index >= 15 is 0 Å². The lowest BCUT2D eigenvalue weighted by Crippen LogP contribution is -2.24. The molecule has 70 valence electrons. The molecule has 1 aromatic carbocycles. The lowest BCUT2D eigenvalue weighted by atomic mass is 10.2. The Labute approximate surface area is 77.7 Å². The lowest BCUT2D eigenvalue weighted by Gasteiger charge is -1.89. The minimum absolute atomic E-state index is 0.0915. The van der Waals surface area contributed by atoms with Crippen LogP contribution >= 0.6 is 0 Å². The number of carbonyl (C=O) groups is 1. The molecule has 5 heteroatoms. The molecule has 1 aliphatic carbocycles. The number of carbonyl (C=O) groups excluding carboxylic acids is 1. The standard InChI is InChI=1S/C9H5NO4/c11-6-2-1-5-3-8(12)9(10(13)14)7(5)4-6/h1-4,11H. The van der Waals surface area contributed by atoms with Gasteiger partial charge in [-0.1, -0.05) is 6.07 Å². The summed E-state index contributed by atoms with van der Waals surface area (Å²) in [5.74, 6) is -0.721. The predicted molar refractivity (Wildman–Crippen MR) is 47.2 cm³/mol. The van der Waals surface area contributed by atoms with E-state index in [0.29, 0.717) is 5.22 Å². The Balaban J connectivity index is 2.92. The van der Waals surface area contributed by atoms with Crippen LogP contribution in [0.25, 0.3) is 11.8 Å². The first-order valence-corrected chi connectivity index (χ1v) is 3.83. The van der Waals surface area contributed by atoms with Crippen molar-refractivity contribution in [2.24, 2.45) is 0 Å². The second kappa shape index (κ2) is 2.66. The summed E-state index contributed by atoms with van der Waals surface area (Å²) in [5.41, 5.74) is -0.476. The number of rotatable bonds is 1. The normalized spacial score (nSPS) is 13.7. The van der Waals surface area contributed by atoms with Crippen LogP contribution in [-0.4, -0.2) is 15.8 Å². The number of nitrogens with zero attached hydrogens (tertiary/aromatic N) is 1. The summed E-state index contributed by atoms with van der Waals surface area (Å²) in [6.45, 7) is 0. The average Bonchev–Trinajstić information content (AvgIpc) is 2.40. The minimum Gasteiger partial charge on any atom is -0.508 e. The van der Waals surface area contributed by atoms with E-state index < -0.39 is 16.4 Å². The number of phenolic OH excluding ortho intramolecular Hbond substituents is 1. The number of benzene rings is 1. The van der Waals surface area contributed by atoms with E-state index in [1.807, 2.05) is 0 Å². The molecule has 0 amide bonds. The van der Waals surface area contributed by atoms with Gasteiger partial charge in [0, 0.05) is 6.08 Å². The number of phenols is 1. The maximum Gasteiger partial charge on any atom is 0.324 e. The van der Waals surface area contributed by atoms with E-state index in [9.17, 15) is 14.9 Å². The molecule has 1 N–H and O–H groups in total. The van der Waals surface area contributed by atoms with Crippen LogP contribution < -0.4 is 10.4 Å². The summed E-state index contributed by atoms with van der Waals surface area (Å²) in [7, 11) is 0. The molecule has 0 aliphatic heterocycles. The van der Waals surface area contributed by atoms with Crippen molar-refractivity contribution in [1.29, 1.82) is 0 Å². The SMILES string of the molecule is O=C1C=c2ccc(O)cc2=C1[N+](=O)[O-]. The van der Waals surface area contributed by atoms with Crippen LogP contribution in [0.15, 0.2) is 18.2 Å². The summed E-state index contributed by atoms with van der Waals surface area (Å²) in [5, 5.41) is 20.3. The summed E-state index contributed by atoms with van der Waals surface area (Å²) < 4.78 is 0. The molecule has 0 atom stereocenters. The van der Waals surface area contributed by atoms with Gasteiger partial charge >= 0.3 is 5.70 Å². The molecule has 14 heavy (non-hydrogen) atoms. The maximum atomic E-state index is 11.2. The molecule has 0 heterocycles. The summed E-state index contributed by atoms with van der Waals surface area (Å²) in [6.07, 6.45) is 1.19. The third-order valence-electron chi connectivity index (χ3n) is 1.99. The fourth-order valence-corrected chi connectivity index (χ4v) is 1.41. The molecular weight excluding hydrogens is 186 g/mol. The highest BCUT2D eigenvalue weighted by Crippen LogP contribution is 2.05. The van der Waals surface area contributed by atoms with Crippen molar-refractivity contribution in [1.82, 2.24) is 0 Å². The van der Waals surface area contributed by atoms with Crippen molar-refractivity contribution in [3.8, 4) is 5.75 Å². The molecule has 5 nitrogen and oxygen atoms in total. The van der Waals surface area contributed by atoms with Gasteiger partial charge in [-0.15, -0.1) is 0 Å². The van der Waals surface area contributed by atoms with E-state index in [1.165, 1.54) is 24.3 Å². The van der Waals surface area contributed by atoms with Gasteiger partial charge in [0.15, 0.2) is 0 Å². The topological polar surface area (TPSA) is 80.4 Å². The number of hydrogen-bond donors (Lipinski definition) is 1. The lowest BCUT2D eigenvalue weighted by molar-refractivity contribution is -0.375. The van der Waals surface area contributed by atoms with Crippen LogP contribution in [-0.2, 0) is 4.79 Å². The molecule has 0 spiro atoms. The third-order valence-corrected chi connectivity index (χ3v) is 1.99. The van der Waals surface area contributed by atoms with Crippen LogP contribution in [0.2, 0.25) is 0 Å². The Bertz CT molecular complexity index is 559. The molecule has 0 aromatic heterocycles. The van der Waals surface area contributed by atoms with Gasteiger partial charge in [-0.2, -0.15) is 0 Å². The van der Waals surface area contributed by atoms with Gasteiger partial charge in [-0.05, 0) is 17.4 Å². The molecule has 0 bridgehead atoms. The van der Waals surface area contributed by atoms with Gasteiger partial charge < -0.3 is 5.11 Å². The van der Waals surface area contributed by atoms with Crippen molar-refractivity contribution >= 4 is 17.6 Å². The highest BCUT2D eigenvalue weighted by Gasteiger charge is 2.25. The van der Waals surface area contributed by atoms with E-state index in [2.05, 4.69) is 0 Å². The Morgan fingerprint density at radius 1 is 1.36 bits per heavy atom. The predicted octanol–water partition coefficient (Wildman–Crippen LogP) is -0.860. The fourth-order valence-electron chi connectivity index (χ4n) is 1.41. The fraction of sp³-hybridized carbons (Fsp3) is 0. The van der Waals surface area contributed by atoms with E-state index in [0.717, 1.165) is 0 Å². The van der Waals surface area contributed by atoms with Gasteiger partial charge in [-0.3, -0.25) is 14.9 Å². The van der Waals surface area contributed by atoms with Crippen LogP contribution in [0.1, 0.15) is 0 Å². The van der Waals surface area contributed by atoms with Crippen LogP contribution in [0.3, 0.4) is 0 Å². The minimum atomic E-state index is -0.732. The van der Waals surface area contributed by atoms with Crippen molar-refractivity contribution < 1.29 is 14.8 Å². The van der Waals surface area contributed by atoms with Crippen LogP contribution in [0, 0.1) is 10.1 Å². The number of aromatic hydroxyl groups is 1. The molecule has 1 aromatic rings. The number of Topliss-reactive ketones (excluding diaryl/α,β-unsaturated/α-hetero) is 1. The van der Waals surface area contributed by atoms with Crippen molar-refractivity contribution in [3.05, 3.63) is 38.8 Å². The highest BCUT2D eigenvalue weighted by atomic mass is 16.6. The molecule has 0 radical (unpaired) electrons. The second-order valence-corrected chi connectivity index (χ2v) is 2.89. The van der Waals surface area contributed by atoms with Gasteiger partial charge in [0.25, 0.3) is 5.78 Å². The van der Waals surface area contributed by atoms with Gasteiger partial charge in [0.05, 0.1) is 10.1 Å². The summed E-state index contributed by atoms with van der Waals surface area (Å²) in [6, 6.07) is 4.07. The maximum absolute atomic E-state index is 11.2. The van der Waals surface area contributed by atoms with Gasteiger partial charge in [0.2, 0.25) is 0 Å².